The Morgan fingerprint density at radius 1 is 1.26 bits per heavy atom. The van der Waals surface area contributed by atoms with Crippen LogP contribution in [-0.2, 0) is 19.6 Å². The number of carbonyl (C=O) groups is 1. The molecule has 7 heteroatoms. The molecule has 0 aliphatic rings. The van der Waals surface area contributed by atoms with Gasteiger partial charge in [-0.05, 0) is 24.5 Å². The minimum atomic E-state index is -3.79. The number of aryl methyl sites for hydroxylation is 1. The molecule has 0 heterocycles. The smallest absolute Gasteiger partial charge is 0.242 e. The third-order valence-electron chi connectivity index (χ3n) is 3.42. The van der Waals surface area contributed by atoms with Gasteiger partial charge in [-0.1, -0.05) is 38.5 Å². The van der Waals surface area contributed by atoms with Gasteiger partial charge in [0.05, 0.1) is 4.90 Å². The molecule has 0 aliphatic carbocycles. The standard InChI is InChI=1S/C16H26N2O4S/c1-12-7-9-13(10-8-12)23(20,21)17-14(16(2,3)4)15(19)18(5)11-22-6/h7-10,14,17H,11H2,1-6H3. The third-order valence-corrected chi connectivity index (χ3v) is 4.86. The Morgan fingerprint density at radius 2 is 1.78 bits per heavy atom. The summed E-state index contributed by atoms with van der Waals surface area (Å²) in [4.78, 5) is 14.1. The van der Waals surface area contributed by atoms with E-state index in [0.717, 1.165) is 5.56 Å². The number of nitrogens with one attached hydrogen (secondary N) is 1. The molecule has 130 valence electrons. The van der Waals surface area contributed by atoms with Crippen molar-refractivity contribution in [1.29, 1.82) is 0 Å². The van der Waals surface area contributed by atoms with E-state index < -0.39 is 21.5 Å². The molecule has 23 heavy (non-hydrogen) atoms. The Morgan fingerprint density at radius 3 is 2.22 bits per heavy atom. The lowest BCUT2D eigenvalue weighted by Gasteiger charge is -2.33. The number of hydrogen-bond donors (Lipinski definition) is 1. The first-order chi connectivity index (χ1) is 10.5. The molecule has 0 aromatic heterocycles. The van der Waals surface area contributed by atoms with Gasteiger partial charge in [0.1, 0.15) is 12.8 Å². The van der Waals surface area contributed by atoms with Crippen LogP contribution in [-0.4, -0.2) is 46.2 Å². The highest BCUT2D eigenvalue weighted by Crippen LogP contribution is 2.23. The zero-order valence-corrected chi connectivity index (χ0v) is 15.4. The maximum absolute atomic E-state index is 12.6. The SMILES string of the molecule is COCN(C)C(=O)C(NS(=O)(=O)c1ccc(C)cc1)C(C)(C)C. The Balaban J connectivity index is 3.10. The van der Waals surface area contributed by atoms with Crippen molar-refractivity contribution >= 4 is 15.9 Å². The topological polar surface area (TPSA) is 75.7 Å². The fourth-order valence-electron chi connectivity index (χ4n) is 2.02. The van der Waals surface area contributed by atoms with Crippen molar-refractivity contribution in [3.05, 3.63) is 29.8 Å². The van der Waals surface area contributed by atoms with Gasteiger partial charge >= 0.3 is 0 Å². The van der Waals surface area contributed by atoms with Gasteiger partial charge in [-0.3, -0.25) is 4.79 Å². The van der Waals surface area contributed by atoms with Gasteiger partial charge in [0.15, 0.2) is 0 Å². The van der Waals surface area contributed by atoms with E-state index in [-0.39, 0.29) is 17.5 Å². The summed E-state index contributed by atoms with van der Waals surface area (Å²) < 4.78 is 32.6. The molecule has 1 aromatic rings. The molecule has 1 unspecified atom stereocenters. The molecular weight excluding hydrogens is 316 g/mol. The van der Waals surface area contributed by atoms with Gasteiger partial charge in [0.25, 0.3) is 0 Å². The van der Waals surface area contributed by atoms with Crippen LogP contribution in [0, 0.1) is 12.3 Å². The largest absolute Gasteiger partial charge is 0.364 e. The van der Waals surface area contributed by atoms with E-state index in [1.165, 1.54) is 24.1 Å². The number of ether oxygens (including phenoxy) is 1. The Bertz CT molecular complexity index is 633. The van der Waals surface area contributed by atoms with Crippen LogP contribution < -0.4 is 4.72 Å². The maximum Gasteiger partial charge on any atom is 0.242 e. The molecule has 0 radical (unpaired) electrons. The lowest BCUT2D eigenvalue weighted by atomic mass is 9.86. The number of nitrogens with zero attached hydrogens (tertiary/aromatic N) is 1. The molecule has 1 aromatic carbocycles. The average molecular weight is 342 g/mol. The summed E-state index contributed by atoms with van der Waals surface area (Å²) in [6, 6.07) is 5.61. The number of benzene rings is 1. The Kier molecular flexibility index (Phi) is 6.33. The van der Waals surface area contributed by atoms with Crippen LogP contribution in [0.25, 0.3) is 0 Å². The molecule has 0 saturated heterocycles. The Labute approximate surface area is 138 Å². The molecule has 0 spiro atoms. The number of carbonyl (C=O) groups excluding carboxylic acids is 1. The van der Waals surface area contributed by atoms with E-state index in [4.69, 9.17) is 4.74 Å². The highest BCUT2D eigenvalue weighted by atomic mass is 32.2. The van der Waals surface area contributed by atoms with Crippen molar-refractivity contribution < 1.29 is 17.9 Å². The average Bonchev–Trinajstić information content (AvgIpc) is 2.43. The Hall–Kier alpha value is -1.44. The molecule has 0 saturated carbocycles. The van der Waals surface area contributed by atoms with Crippen LogP contribution in [0.5, 0.6) is 0 Å². The van der Waals surface area contributed by atoms with Gasteiger partial charge in [-0.15, -0.1) is 0 Å². The van der Waals surface area contributed by atoms with E-state index in [9.17, 15) is 13.2 Å². The number of likely N-dealkylation sites (N-methyl/N-ethyl adjacent to an activating group) is 1. The molecule has 1 rings (SSSR count). The minimum Gasteiger partial charge on any atom is -0.364 e. The highest BCUT2D eigenvalue weighted by Gasteiger charge is 2.36. The van der Waals surface area contributed by atoms with Gasteiger partial charge in [-0.2, -0.15) is 4.72 Å². The van der Waals surface area contributed by atoms with Crippen LogP contribution in [0.1, 0.15) is 26.3 Å². The van der Waals surface area contributed by atoms with E-state index >= 15 is 0 Å². The van der Waals surface area contributed by atoms with Gasteiger partial charge in [-0.25, -0.2) is 8.42 Å². The van der Waals surface area contributed by atoms with Crippen LogP contribution in [0.4, 0.5) is 0 Å². The zero-order valence-electron chi connectivity index (χ0n) is 14.6. The lowest BCUT2D eigenvalue weighted by molar-refractivity contribution is -0.138. The second-order valence-electron chi connectivity index (χ2n) is 6.69. The summed E-state index contributed by atoms with van der Waals surface area (Å²) >= 11 is 0. The normalized spacial score (nSPS) is 13.7. The van der Waals surface area contributed by atoms with E-state index in [1.807, 2.05) is 27.7 Å². The molecule has 1 atom stereocenters. The summed E-state index contributed by atoms with van der Waals surface area (Å²) in [5.41, 5.74) is 0.379. The van der Waals surface area contributed by atoms with Crippen molar-refractivity contribution in [3.8, 4) is 0 Å². The molecule has 6 nitrogen and oxygen atoms in total. The summed E-state index contributed by atoms with van der Waals surface area (Å²) in [6.07, 6.45) is 0. The second-order valence-corrected chi connectivity index (χ2v) is 8.40. The van der Waals surface area contributed by atoms with Crippen molar-refractivity contribution in [2.24, 2.45) is 5.41 Å². The first-order valence-electron chi connectivity index (χ1n) is 7.32. The molecule has 1 N–H and O–H groups in total. The first-order valence-corrected chi connectivity index (χ1v) is 8.80. The molecule has 1 amide bonds. The highest BCUT2D eigenvalue weighted by molar-refractivity contribution is 7.89. The predicted molar refractivity (Wildman–Crippen MR) is 89.4 cm³/mol. The van der Waals surface area contributed by atoms with Crippen molar-refractivity contribution in [1.82, 2.24) is 9.62 Å². The molecule has 0 bridgehead atoms. The number of rotatable bonds is 6. The lowest BCUT2D eigenvalue weighted by Crippen LogP contribution is -2.54. The summed E-state index contributed by atoms with van der Waals surface area (Å²) in [7, 11) is -0.739. The fraction of sp³-hybridized carbons (Fsp3) is 0.562. The number of methoxy groups -OCH3 is 1. The van der Waals surface area contributed by atoms with Crippen LogP contribution in [0.2, 0.25) is 0 Å². The predicted octanol–water partition coefficient (Wildman–Crippen LogP) is 1.75. The van der Waals surface area contributed by atoms with E-state index in [2.05, 4.69) is 4.72 Å². The summed E-state index contributed by atoms with van der Waals surface area (Å²) in [5, 5.41) is 0. The first kappa shape index (κ1) is 19.6. The molecule has 0 fully saturated rings. The second kappa shape index (κ2) is 7.42. The summed E-state index contributed by atoms with van der Waals surface area (Å²) in [5.74, 6) is -0.338. The maximum atomic E-state index is 12.6. The minimum absolute atomic E-state index is 0.0949. The van der Waals surface area contributed by atoms with Crippen LogP contribution in [0.3, 0.4) is 0 Å². The van der Waals surface area contributed by atoms with Crippen LogP contribution >= 0.6 is 0 Å². The number of sulfonamides is 1. The van der Waals surface area contributed by atoms with Crippen molar-refractivity contribution in [2.45, 2.75) is 38.6 Å². The fourth-order valence-corrected chi connectivity index (χ4v) is 3.41. The third kappa shape index (κ3) is 5.30. The quantitative estimate of drug-likeness (QED) is 0.799. The van der Waals surface area contributed by atoms with Crippen molar-refractivity contribution in [2.75, 3.05) is 20.9 Å². The van der Waals surface area contributed by atoms with E-state index in [1.54, 1.807) is 19.2 Å². The number of amides is 1. The summed E-state index contributed by atoms with van der Waals surface area (Å²) in [6.45, 7) is 7.41. The van der Waals surface area contributed by atoms with Crippen LogP contribution in [0.15, 0.2) is 29.2 Å². The monoisotopic (exact) mass is 342 g/mol. The van der Waals surface area contributed by atoms with E-state index in [0.29, 0.717) is 0 Å². The van der Waals surface area contributed by atoms with Gasteiger partial charge in [0.2, 0.25) is 15.9 Å². The zero-order chi connectivity index (χ0) is 17.8. The number of hydrogen-bond acceptors (Lipinski definition) is 4. The molecule has 0 aliphatic heterocycles. The van der Waals surface area contributed by atoms with Gasteiger partial charge in [0, 0.05) is 14.2 Å². The van der Waals surface area contributed by atoms with Crippen molar-refractivity contribution in [3.63, 3.8) is 0 Å². The molecular formula is C16H26N2O4S. The van der Waals surface area contributed by atoms with Gasteiger partial charge < -0.3 is 9.64 Å².